The van der Waals surface area contributed by atoms with Gasteiger partial charge in [-0.2, -0.15) is 0 Å². The highest BCUT2D eigenvalue weighted by molar-refractivity contribution is 7.98. The normalized spacial score (nSPS) is 10.3. The number of carbonyl (C=O) groups excluding carboxylic acids is 1. The third-order valence-electron chi connectivity index (χ3n) is 3.45. The van der Waals surface area contributed by atoms with Crippen LogP contribution in [0.2, 0.25) is 0 Å². The molecule has 2 aromatic rings. The molecule has 22 heavy (non-hydrogen) atoms. The van der Waals surface area contributed by atoms with Gasteiger partial charge in [-0.25, -0.2) is 0 Å². The van der Waals surface area contributed by atoms with Gasteiger partial charge in [-0.3, -0.25) is 4.79 Å². The third-order valence-corrected chi connectivity index (χ3v) is 4.18. The van der Waals surface area contributed by atoms with E-state index in [1.807, 2.05) is 49.6 Å². The highest BCUT2D eigenvalue weighted by Crippen LogP contribution is 2.21. The van der Waals surface area contributed by atoms with Gasteiger partial charge in [0, 0.05) is 17.0 Å². The van der Waals surface area contributed by atoms with E-state index in [9.17, 15) is 4.79 Å². The molecule has 0 fully saturated rings. The van der Waals surface area contributed by atoms with Crippen molar-refractivity contribution in [3.8, 4) is 5.75 Å². The molecule has 0 saturated carbocycles. The quantitative estimate of drug-likeness (QED) is 0.808. The number of carbonyl (C=O) groups is 1. The first-order chi connectivity index (χ1) is 10.6. The number of hydrogen-bond donors (Lipinski definition) is 1. The Labute approximate surface area is 136 Å². The third kappa shape index (κ3) is 4.53. The van der Waals surface area contributed by atoms with Gasteiger partial charge in [-0.15, -0.1) is 11.8 Å². The average molecular weight is 315 g/mol. The standard InChI is InChI=1S/C18H21NO2S/c1-13-11-14(7-9-17(13)21-2)8-10-18(20)19-15-5-4-6-16(12-15)22-3/h4-7,9,11-12H,8,10H2,1-3H3,(H,19,20). The smallest absolute Gasteiger partial charge is 0.224 e. The molecule has 116 valence electrons. The van der Waals surface area contributed by atoms with Crippen LogP contribution in [0.5, 0.6) is 5.75 Å². The number of thioether (sulfide) groups is 1. The van der Waals surface area contributed by atoms with E-state index in [4.69, 9.17) is 4.74 Å². The van der Waals surface area contributed by atoms with E-state index in [1.165, 1.54) is 0 Å². The molecule has 2 aromatic carbocycles. The minimum Gasteiger partial charge on any atom is -0.496 e. The second-order valence-electron chi connectivity index (χ2n) is 5.08. The van der Waals surface area contributed by atoms with Crippen LogP contribution in [0.25, 0.3) is 0 Å². The lowest BCUT2D eigenvalue weighted by Gasteiger charge is -2.08. The van der Waals surface area contributed by atoms with Gasteiger partial charge in [-0.05, 0) is 55.0 Å². The van der Waals surface area contributed by atoms with E-state index >= 15 is 0 Å². The summed E-state index contributed by atoms with van der Waals surface area (Å²) in [5, 5.41) is 2.95. The molecule has 2 rings (SSSR count). The Morgan fingerprint density at radius 1 is 1.23 bits per heavy atom. The van der Waals surface area contributed by atoms with E-state index in [1.54, 1.807) is 18.9 Å². The summed E-state index contributed by atoms with van der Waals surface area (Å²) >= 11 is 1.66. The van der Waals surface area contributed by atoms with Gasteiger partial charge >= 0.3 is 0 Å². The highest BCUT2D eigenvalue weighted by Gasteiger charge is 2.05. The van der Waals surface area contributed by atoms with Crippen molar-refractivity contribution in [2.24, 2.45) is 0 Å². The summed E-state index contributed by atoms with van der Waals surface area (Å²) in [7, 11) is 1.66. The van der Waals surface area contributed by atoms with Crippen molar-refractivity contribution in [3.63, 3.8) is 0 Å². The number of aryl methyl sites for hydroxylation is 2. The van der Waals surface area contributed by atoms with Gasteiger partial charge in [0.25, 0.3) is 0 Å². The van der Waals surface area contributed by atoms with Gasteiger partial charge in [0.2, 0.25) is 5.91 Å². The monoisotopic (exact) mass is 315 g/mol. The van der Waals surface area contributed by atoms with Crippen molar-refractivity contribution in [1.82, 2.24) is 0 Å². The number of hydrogen-bond acceptors (Lipinski definition) is 3. The molecule has 4 heteroatoms. The van der Waals surface area contributed by atoms with Gasteiger partial charge in [0.15, 0.2) is 0 Å². The summed E-state index contributed by atoms with van der Waals surface area (Å²) in [5.74, 6) is 0.911. The largest absolute Gasteiger partial charge is 0.496 e. The van der Waals surface area contributed by atoms with E-state index in [0.717, 1.165) is 33.9 Å². The Morgan fingerprint density at radius 2 is 2.05 bits per heavy atom. The summed E-state index contributed by atoms with van der Waals surface area (Å²) in [6, 6.07) is 13.9. The summed E-state index contributed by atoms with van der Waals surface area (Å²) < 4.78 is 5.25. The van der Waals surface area contributed by atoms with E-state index in [-0.39, 0.29) is 5.91 Å². The summed E-state index contributed by atoms with van der Waals surface area (Å²) in [5.41, 5.74) is 3.09. The highest BCUT2D eigenvalue weighted by atomic mass is 32.2. The van der Waals surface area contributed by atoms with Crippen molar-refractivity contribution in [2.45, 2.75) is 24.7 Å². The summed E-state index contributed by atoms with van der Waals surface area (Å²) in [4.78, 5) is 13.2. The Bertz CT molecular complexity index is 655. The van der Waals surface area contributed by atoms with Crippen LogP contribution < -0.4 is 10.1 Å². The predicted molar refractivity (Wildman–Crippen MR) is 92.9 cm³/mol. The minimum atomic E-state index is 0.0340. The fourth-order valence-electron chi connectivity index (χ4n) is 2.28. The van der Waals surface area contributed by atoms with Crippen LogP contribution in [0.3, 0.4) is 0 Å². The number of benzene rings is 2. The molecule has 0 aliphatic carbocycles. The zero-order valence-corrected chi connectivity index (χ0v) is 14.0. The van der Waals surface area contributed by atoms with E-state index in [0.29, 0.717) is 6.42 Å². The van der Waals surface area contributed by atoms with Crippen molar-refractivity contribution in [1.29, 1.82) is 0 Å². The van der Waals surface area contributed by atoms with Crippen molar-refractivity contribution < 1.29 is 9.53 Å². The van der Waals surface area contributed by atoms with Crippen LogP contribution in [0.15, 0.2) is 47.4 Å². The maximum atomic E-state index is 12.1. The first-order valence-corrected chi connectivity index (χ1v) is 8.42. The topological polar surface area (TPSA) is 38.3 Å². The number of methoxy groups -OCH3 is 1. The molecule has 0 unspecified atom stereocenters. The van der Waals surface area contributed by atoms with Gasteiger partial charge < -0.3 is 10.1 Å². The molecule has 1 amide bonds. The fourth-order valence-corrected chi connectivity index (χ4v) is 2.74. The molecule has 0 heterocycles. The molecule has 0 aliphatic heterocycles. The van der Waals surface area contributed by atoms with Crippen molar-refractivity contribution >= 4 is 23.4 Å². The van der Waals surface area contributed by atoms with E-state index < -0.39 is 0 Å². The Hall–Kier alpha value is -1.94. The molecule has 0 saturated heterocycles. The molecule has 0 radical (unpaired) electrons. The van der Waals surface area contributed by atoms with Crippen LogP contribution in [-0.2, 0) is 11.2 Å². The number of ether oxygens (including phenoxy) is 1. The van der Waals surface area contributed by atoms with Crippen molar-refractivity contribution in [3.05, 3.63) is 53.6 Å². The van der Waals surface area contributed by atoms with Gasteiger partial charge in [-0.1, -0.05) is 18.2 Å². The number of nitrogens with one attached hydrogen (secondary N) is 1. The van der Waals surface area contributed by atoms with E-state index in [2.05, 4.69) is 11.4 Å². The molecule has 0 bridgehead atoms. The molecule has 1 N–H and O–H groups in total. The molecule has 3 nitrogen and oxygen atoms in total. The lowest BCUT2D eigenvalue weighted by Crippen LogP contribution is -2.12. The molecule has 0 spiro atoms. The molecule has 0 aromatic heterocycles. The Kier molecular flexibility index (Phi) is 5.90. The zero-order valence-electron chi connectivity index (χ0n) is 13.2. The lowest BCUT2D eigenvalue weighted by molar-refractivity contribution is -0.116. The van der Waals surface area contributed by atoms with Crippen LogP contribution in [0.4, 0.5) is 5.69 Å². The lowest BCUT2D eigenvalue weighted by atomic mass is 10.1. The minimum absolute atomic E-state index is 0.0340. The van der Waals surface area contributed by atoms with Crippen LogP contribution in [-0.4, -0.2) is 19.3 Å². The number of amides is 1. The van der Waals surface area contributed by atoms with Gasteiger partial charge in [0.05, 0.1) is 7.11 Å². The summed E-state index contributed by atoms with van der Waals surface area (Å²) in [6.07, 6.45) is 3.21. The maximum absolute atomic E-state index is 12.1. The molecule has 0 atom stereocenters. The van der Waals surface area contributed by atoms with Crippen LogP contribution in [0.1, 0.15) is 17.5 Å². The first-order valence-electron chi connectivity index (χ1n) is 7.20. The fraction of sp³-hybridized carbons (Fsp3) is 0.278. The summed E-state index contributed by atoms with van der Waals surface area (Å²) in [6.45, 7) is 2.01. The molecular weight excluding hydrogens is 294 g/mol. The second kappa shape index (κ2) is 7.90. The van der Waals surface area contributed by atoms with Crippen LogP contribution >= 0.6 is 11.8 Å². The SMILES string of the molecule is COc1ccc(CCC(=O)Nc2cccc(SC)c2)cc1C. The zero-order chi connectivity index (χ0) is 15.9. The Balaban J connectivity index is 1.91. The maximum Gasteiger partial charge on any atom is 0.224 e. The molecule has 0 aliphatic rings. The number of anilines is 1. The number of rotatable bonds is 6. The second-order valence-corrected chi connectivity index (χ2v) is 5.96. The van der Waals surface area contributed by atoms with Crippen LogP contribution in [0, 0.1) is 6.92 Å². The Morgan fingerprint density at radius 3 is 2.73 bits per heavy atom. The van der Waals surface area contributed by atoms with Gasteiger partial charge in [0.1, 0.15) is 5.75 Å². The molecular formula is C18H21NO2S. The van der Waals surface area contributed by atoms with Crippen molar-refractivity contribution in [2.75, 3.05) is 18.7 Å². The predicted octanol–water partition coefficient (Wildman–Crippen LogP) is 4.30. The first kappa shape index (κ1) is 16.4. The average Bonchev–Trinajstić information content (AvgIpc) is 2.53.